The highest BCUT2D eigenvalue weighted by molar-refractivity contribution is 6.35. The molecule has 0 saturated carbocycles. The number of alkyl halides is 1. The average molecular weight is 276 g/mol. The number of hydrogen-bond acceptors (Lipinski definition) is 1. The van der Waals surface area contributed by atoms with Gasteiger partial charge in [-0.2, -0.15) is 5.10 Å². The molecule has 0 saturated heterocycles. The molecular weight excluding hydrogens is 266 g/mol. The van der Waals surface area contributed by atoms with Crippen molar-refractivity contribution in [2.24, 2.45) is 0 Å². The molecule has 0 spiro atoms. The monoisotopic (exact) mass is 274 g/mol. The summed E-state index contributed by atoms with van der Waals surface area (Å²) in [6, 6.07) is 5.31. The molecule has 0 amide bonds. The first-order chi connectivity index (χ1) is 7.63. The zero-order valence-corrected chi connectivity index (χ0v) is 10.8. The van der Waals surface area contributed by atoms with Crippen LogP contribution in [0.25, 0.3) is 5.69 Å². The van der Waals surface area contributed by atoms with Crippen LogP contribution in [0.2, 0.25) is 10.0 Å². The predicted molar refractivity (Wildman–Crippen MR) is 67.9 cm³/mol. The maximum Gasteiger partial charge on any atom is 0.0836 e. The topological polar surface area (TPSA) is 17.8 Å². The minimum absolute atomic E-state index is 0.442. The Labute approximate surface area is 109 Å². The number of benzene rings is 1. The van der Waals surface area contributed by atoms with Crippen molar-refractivity contribution in [2.45, 2.75) is 12.8 Å². The molecule has 2 rings (SSSR count). The molecule has 5 heteroatoms. The lowest BCUT2D eigenvalue weighted by atomic mass is 10.2. The lowest BCUT2D eigenvalue weighted by molar-refractivity contribution is 0.845. The summed E-state index contributed by atoms with van der Waals surface area (Å²) < 4.78 is 1.76. The van der Waals surface area contributed by atoms with Gasteiger partial charge < -0.3 is 0 Å². The van der Waals surface area contributed by atoms with Crippen molar-refractivity contribution in [1.29, 1.82) is 0 Å². The summed E-state index contributed by atoms with van der Waals surface area (Å²) in [6.45, 7) is 1.95. The van der Waals surface area contributed by atoms with E-state index in [0.29, 0.717) is 15.9 Å². The third-order valence-electron chi connectivity index (χ3n) is 2.39. The van der Waals surface area contributed by atoms with E-state index in [4.69, 9.17) is 34.8 Å². The van der Waals surface area contributed by atoms with Crippen LogP contribution in [0.4, 0.5) is 0 Å². The number of hydrogen-bond donors (Lipinski definition) is 0. The lowest BCUT2D eigenvalue weighted by Gasteiger charge is -2.07. The Morgan fingerprint density at radius 2 is 2.06 bits per heavy atom. The van der Waals surface area contributed by atoms with Gasteiger partial charge in [-0.15, -0.1) is 11.6 Å². The molecule has 0 atom stereocenters. The van der Waals surface area contributed by atoms with E-state index in [1.54, 1.807) is 23.0 Å². The van der Waals surface area contributed by atoms with E-state index < -0.39 is 0 Å². The second-order valence-corrected chi connectivity index (χ2v) is 4.51. The number of aromatic nitrogens is 2. The summed E-state index contributed by atoms with van der Waals surface area (Å²) in [5, 5.41) is 5.43. The van der Waals surface area contributed by atoms with Crippen LogP contribution >= 0.6 is 34.8 Å². The molecule has 0 aliphatic heterocycles. The third-order valence-corrected chi connectivity index (χ3v) is 3.22. The summed E-state index contributed by atoms with van der Waals surface area (Å²) >= 11 is 17.7. The molecule has 0 N–H and O–H groups in total. The van der Waals surface area contributed by atoms with E-state index in [0.717, 1.165) is 16.9 Å². The van der Waals surface area contributed by atoms with Gasteiger partial charge in [-0.25, -0.2) is 4.68 Å². The lowest BCUT2D eigenvalue weighted by Crippen LogP contribution is -2.00. The summed E-state index contributed by atoms with van der Waals surface area (Å²) in [6.07, 6.45) is 1.74. The molecule has 1 aromatic carbocycles. The van der Waals surface area contributed by atoms with Gasteiger partial charge in [-0.1, -0.05) is 23.2 Å². The van der Waals surface area contributed by atoms with E-state index >= 15 is 0 Å². The van der Waals surface area contributed by atoms with Crippen LogP contribution in [0, 0.1) is 6.92 Å². The zero-order valence-electron chi connectivity index (χ0n) is 8.54. The molecule has 0 bridgehead atoms. The molecule has 0 aliphatic carbocycles. The van der Waals surface area contributed by atoms with Crippen LogP contribution in [0.1, 0.15) is 11.3 Å². The smallest absolute Gasteiger partial charge is 0.0836 e. The van der Waals surface area contributed by atoms with Gasteiger partial charge in [0.1, 0.15) is 0 Å². The second-order valence-electron chi connectivity index (χ2n) is 3.40. The molecule has 84 valence electrons. The van der Waals surface area contributed by atoms with Gasteiger partial charge in [0.2, 0.25) is 0 Å². The predicted octanol–water partition coefficient (Wildman–Crippen LogP) is 4.23. The van der Waals surface area contributed by atoms with E-state index in [-0.39, 0.29) is 0 Å². The first-order valence-electron chi connectivity index (χ1n) is 4.68. The SMILES string of the molecule is Cc1c(CCl)cnn1-c1ccc(Cl)cc1Cl. The Morgan fingerprint density at radius 3 is 2.62 bits per heavy atom. The molecular formula is C11H9Cl3N2. The van der Waals surface area contributed by atoms with Crippen molar-refractivity contribution in [1.82, 2.24) is 9.78 Å². The average Bonchev–Trinajstić information content (AvgIpc) is 2.60. The molecule has 2 aromatic rings. The third kappa shape index (κ3) is 2.05. The van der Waals surface area contributed by atoms with Gasteiger partial charge in [-0.3, -0.25) is 0 Å². The van der Waals surface area contributed by atoms with Crippen LogP contribution in [0.5, 0.6) is 0 Å². The Hall–Kier alpha value is -0.700. The van der Waals surface area contributed by atoms with Gasteiger partial charge >= 0.3 is 0 Å². The van der Waals surface area contributed by atoms with Gasteiger partial charge in [0.05, 0.1) is 22.8 Å². The Bertz CT molecular complexity index is 520. The Kier molecular flexibility index (Phi) is 3.43. The van der Waals surface area contributed by atoms with Gasteiger partial charge in [0.25, 0.3) is 0 Å². The van der Waals surface area contributed by atoms with E-state index in [9.17, 15) is 0 Å². The van der Waals surface area contributed by atoms with Crippen molar-refractivity contribution < 1.29 is 0 Å². The minimum Gasteiger partial charge on any atom is -0.236 e. The molecule has 0 fully saturated rings. The molecule has 16 heavy (non-hydrogen) atoms. The normalized spacial score (nSPS) is 10.8. The van der Waals surface area contributed by atoms with Crippen LogP contribution < -0.4 is 0 Å². The van der Waals surface area contributed by atoms with Crippen LogP contribution in [0.3, 0.4) is 0 Å². The second kappa shape index (κ2) is 4.66. The minimum atomic E-state index is 0.442. The molecule has 1 heterocycles. The Balaban J connectivity index is 2.54. The molecule has 2 nitrogen and oxygen atoms in total. The fraction of sp³-hybridized carbons (Fsp3) is 0.182. The summed E-state index contributed by atoms with van der Waals surface area (Å²) in [5.41, 5.74) is 2.78. The van der Waals surface area contributed by atoms with Gasteiger partial charge in [0.15, 0.2) is 0 Å². The number of rotatable bonds is 2. The standard InChI is InChI=1S/C11H9Cl3N2/c1-7-8(5-12)6-15-16(7)11-3-2-9(13)4-10(11)14/h2-4,6H,5H2,1H3. The van der Waals surface area contributed by atoms with Crippen molar-refractivity contribution in [2.75, 3.05) is 0 Å². The molecule has 0 unspecified atom stereocenters. The highest BCUT2D eigenvalue weighted by Crippen LogP contribution is 2.25. The first kappa shape index (κ1) is 11.8. The highest BCUT2D eigenvalue weighted by atomic mass is 35.5. The highest BCUT2D eigenvalue weighted by Gasteiger charge is 2.10. The van der Waals surface area contributed by atoms with Crippen LogP contribution in [0.15, 0.2) is 24.4 Å². The van der Waals surface area contributed by atoms with Crippen LogP contribution in [-0.2, 0) is 5.88 Å². The number of halogens is 3. The molecule has 1 aromatic heterocycles. The maximum absolute atomic E-state index is 6.11. The van der Waals surface area contributed by atoms with Gasteiger partial charge in [-0.05, 0) is 25.1 Å². The number of nitrogens with zero attached hydrogens (tertiary/aromatic N) is 2. The fourth-order valence-corrected chi connectivity index (χ4v) is 2.22. The summed E-state index contributed by atoms with van der Waals surface area (Å²) in [4.78, 5) is 0. The van der Waals surface area contributed by atoms with E-state index in [2.05, 4.69) is 5.10 Å². The zero-order chi connectivity index (χ0) is 11.7. The summed E-state index contributed by atoms with van der Waals surface area (Å²) in [7, 11) is 0. The van der Waals surface area contributed by atoms with Crippen LogP contribution in [-0.4, -0.2) is 9.78 Å². The molecule has 0 radical (unpaired) electrons. The maximum atomic E-state index is 6.11. The van der Waals surface area contributed by atoms with Gasteiger partial charge in [0, 0.05) is 16.3 Å². The van der Waals surface area contributed by atoms with E-state index in [1.807, 2.05) is 13.0 Å². The quantitative estimate of drug-likeness (QED) is 0.750. The molecule has 0 aliphatic rings. The van der Waals surface area contributed by atoms with Crippen molar-refractivity contribution in [3.8, 4) is 5.69 Å². The first-order valence-corrected chi connectivity index (χ1v) is 5.97. The van der Waals surface area contributed by atoms with Crippen molar-refractivity contribution >= 4 is 34.8 Å². The Morgan fingerprint density at radius 1 is 1.31 bits per heavy atom. The fourth-order valence-electron chi connectivity index (χ4n) is 1.47. The van der Waals surface area contributed by atoms with E-state index in [1.165, 1.54) is 0 Å². The van der Waals surface area contributed by atoms with Crippen molar-refractivity contribution in [3.63, 3.8) is 0 Å². The largest absolute Gasteiger partial charge is 0.236 e. The summed E-state index contributed by atoms with van der Waals surface area (Å²) in [5.74, 6) is 0.442. The van der Waals surface area contributed by atoms with Crippen molar-refractivity contribution in [3.05, 3.63) is 45.7 Å².